The summed E-state index contributed by atoms with van der Waals surface area (Å²) < 4.78 is 41.9. The fourth-order valence-corrected chi connectivity index (χ4v) is 3.80. The summed E-state index contributed by atoms with van der Waals surface area (Å²) >= 11 is 6.69. The van der Waals surface area contributed by atoms with E-state index in [4.69, 9.17) is 12.2 Å². The average molecular weight is 345 g/mol. The molecule has 0 heterocycles. The summed E-state index contributed by atoms with van der Waals surface area (Å²) in [6.45, 7) is 10.3. The Labute approximate surface area is 133 Å². The molecule has 0 aromatic heterocycles. The zero-order valence-corrected chi connectivity index (χ0v) is 14.5. The van der Waals surface area contributed by atoms with Crippen molar-refractivity contribution in [2.45, 2.75) is 58.1 Å². The molecule has 124 valence electrons. The van der Waals surface area contributed by atoms with Gasteiger partial charge in [-0.1, -0.05) is 30.9 Å². The number of nitrogens with zero attached hydrogens (tertiary/aromatic N) is 1. The lowest BCUT2D eigenvalue weighted by atomic mass is 10.0. The molecule has 0 radical (unpaired) electrons. The maximum Gasteiger partial charge on any atom is 0.490 e. The van der Waals surface area contributed by atoms with E-state index in [9.17, 15) is 18.0 Å². The monoisotopic (exact) mass is 345 g/mol. The fourth-order valence-electron chi connectivity index (χ4n) is 1.81. The molecule has 1 unspecified atom stereocenters. The van der Waals surface area contributed by atoms with Crippen molar-refractivity contribution in [3.63, 3.8) is 0 Å². The molecule has 0 spiro atoms. The van der Waals surface area contributed by atoms with Gasteiger partial charge in [-0.3, -0.25) is 0 Å². The molecule has 1 atom stereocenters. The molecule has 8 heteroatoms. The van der Waals surface area contributed by atoms with E-state index < -0.39 is 17.7 Å². The quantitative estimate of drug-likeness (QED) is 0.536. The van der Waals surface area contributed by atoms with Crippen LogP contribution >= 0.6 is 24.0 Å². The number of alkyl halides is 3. The number of rotatable bonds is 6. The van der Waals surface area contributed by atoms with Crippen LogP contribution in [-0.4, -0.2) is 45.3 Å². The Morgan fingerprint density at radius 1 is 1.29 bits per heavy atom. The molecule has 0 saturated carbocycles. The van der Waals surface area contributed by atoms with Crippen LogP contribution in [0.4, 0.5) is 13.2 Å². The molecule has 0 saturated heterocycles. The third-order valence-electron chi connectivity index (χ3n) is 2.70. The summed E-state index contributed by atoms with van der Waals surface area (Å²) in [6, 6.07) is 0. The Hall–Kier alpha value is -0.500. The van der Waals surface area contributed by atoms with Crippen LogP contribution in [0, 0.1) is 0 Å². The summed E-state index contributed by atoms with van der Waals surface area (Å²) in [5.74, 6) is -2.16. The van der Waals surface area contributed by atoms with Crippen LogP contribution in [0.2, 0.25) is 0 Å². The van der Waals surface area contributed by atoms with Crippen LogP contribution in [0.25, 0.3) is 0 Å². The van der Waals surface area contributed by atoms with Crippen molar-refractivity contribution in [2.24, 2.45) is 0 Å². The van der Waals surface area contributed by atoms with Gasteiger partial charge >= 0.3 is 12.1 Å². The summed E-state index contributed by atoms with van der Waals surface area (Å²) in [4.78, 5) is 12.9. The topological polar surface area (TPSA) is 29.5 Å². The number of ether oxygens (including phenoxy) is 1. The lowest BCUT2D eigenvalue weighted by Crippen LogP contribution is -2.37. The van der Waals surface area contributed by atoms with E-state index in [0.717, 1.165) is 13.1 Å². The highest BCUT2D eigenvalue weighted by atomic mass is 32.2. The molecule has 0 N–H and O–H groups in total. The van der Waals surface area contributed by atoms with Crippen LogP contribution in [0.15, 0.2) is 0 Å². The summed E-state index contributed by atoms with van der Waals surface area (Å²) in [6.07, 6.45) is -4.69. The van der Waals surface area contributed by atoms with Gasteiger partial charge in [-0.25, -0.2) is 4.79 Å². The minimum Gasteiger partial charge on any atom is -0.453 e. The van der Waals surface area contributed by atoms with Crippen LogP contribution < -0.4 is 0 Å². The molecule has 0 amide bonds. The maximum atomic E-state index is 12.2. The Balaban J connectivity index is 4.52. The van der Waals surface area contributed by atoms with Crippen LogP contribution in [0.5, 0.6) is 0 Å². The molecule has 0 aliphatic carbocycles. The molecule has 0 aromatic rings. The Kier molecular flexibility index (Phi) is 8.02. The maximum absolute atomic E-state index is 12.2. The van der Waals surface area contributed by atoms with Gasteiger partial charge in [-0.15, -0.1) is 0 Å². The number of carbonyl (C=O) groups excluding carboxylic acids is 1. The Morgan fingerprint density at radius 2 is 1.76 bits per heavy atom. The van der Waals surface area contributed by atoms with Gasteiger partial charge in [0.1, 0.15) is 9.92 Å². The molecule has 0 aliphatic rings. The first-order chi connectivity index (χ1) is 9.42. The average Bonchev–Trinajstić information content (AvgIpc) is 2.27. The molecule has 0 bridgehead atoms. The van der Waals surface area contributed by atoms with Crippen LogP contribution in [-0.2, 0) is 9.53 Å². The van der Waals surface area contributed by atoms with Gasteiger partial charge in [0, 0.05) is 18.3 Å². The normalized spacial score (nSPS) is 13.7. The van der Waals surface area contributed by atoms with E-state index in [1.54, 1.807) is 0 Å². The van der Waals surface area contributed by atoms with Gasteiger partial charge in [-0.2, -0.15) is 13.2 Å². The van der Waals surface area contributed by atoms with Crippen molar-refractivity contribution in [1.29, 1.82) is 0 Å². The van der Waals surface area contributed by atoms with Crippen molar-refractivity contribution < 1.29 is 22.7 Å². The van der Waals surface area contributed by atoms with E-state index in [2.05, 4.69) is 4.74 Å². The van der Waals surface area contributed by atoms with Gasteiger partial charge in [0.2, 0.25) is 0 Å². The van der Waals surface area contributed by atoms with E-state index in [-0.39, 0.29) is 11.7 Å². The number of thioether (sulfide) groups is 1. The fraction of sp³-hybridized carbons (Fsp3) is 0.846. The minimum absolute atomic E-state index is 0.0610. The van der Waals surface area contributed by atoms with Crippen LogP contribution in [0.3, 0.4) is 0 Å². The number of esters is 1. The number of hydrogen-bond acceptors (Lipinski definition) is 4. The lowest BCUT2D eigenvalue weighted by molar-refractivity contribution is -0.211. The second-order valence-electron chi connectivity index (χ2n) is 5.22. The van der Waals surface area contributed by atoms with Gasteiger partial charge in [0.25, 0.3) is 0 Å². The van der Waals surface area contributed by atoms with E-state index in [0.29, 0.717) is 4.32 Å². The first kappa shape index (κ1) is 20.5. The largest absolute Gasteiger partial charge is 0.490 e. The lowest BCUT2D eigenvalue weighted by Gasteiger charge is -2.29. The summed E-state index contributed by atoms with van der Waals surface area (Å²) in [5, 5.41) is -0.0610. The van der Waals surface area contributed by atoms with Gasteiger partial charge in [0.05, 0.1) is 0 Å². The van der Waals surface area contributed by atoms with E-state index >= 15 is 0 Å². The Bertz CT molecular complexity index is 369. The number of halogens is 3. The van der Waals surface area contributed by atoms with Gasteiger partial charge in [-0.05, 0) is 34.1 Å². The molecular formula is C13H22F3NO2S2. The molecule has 0 aromatic carbocycles. The van der Waals surface area contributed by atoms with Crippen molar-refractivity contribution in [3.05, 3.63) is 0 Å². The third kappa shape index (κ3) is 7.90. The molecule has 0 rings (SSSR count). The first-order valence-electron chi connectivity index (χ1n) is 6.68. The predicted molar refractivity (Wildman–Crippen MR) is 83.4 cm³/mol. The van der Waals surface area contributed by atoms with E-state index in [1.165, 1.54) is 25.6 Å². The predicted octanol–water partition coefficient (Wildman–Crippen LogP) is 4.01. The Morgan fingerprint density at radius 3 is 2.14 bits per heavy atom. The summed E-state index contributed by atoms with van der Waals surface area (Å²) in [5.41, 5.74) is -1.20. The minimum atomic E-state index is -4.97. The number of carbonyl (C=O) groups is 1. The van der Waals surface area contributed by atoms with Crippen molar-refractivity contribution >= 4 is 34.3 Å². The standard InChI is InChI=1S/C13H22F3NO2S2/c1-6-17(7-2)11(20)21-9(3)8-12(4,5)19-10(18)13(14,15)16/h9H,6-8H2,1-5H3. The number of thiocarbonyl (C=S) groups is 1. The zero-order chi connectivity index (χ0) is 16.8. The molecule has 0 fully saturated rings. The second-order valence-corrected chi connectivity index (χ2v) is 7.29. The second kappa shape index (κ2) is 8.22. The van der Waals surface area contributed by atoms with E-state index in [1.807, 2.05) is 25.7 Å². The molecule has 21 heavy (non-hydrogen) atoms. The molecule has 3 nitrogen and oxygen atoms in total. The highest BCUT2D eigenvalue weighted by Gasteiger charge is 2.44. The van der Waals surface area contributed by atoms with Crippen molar-refractivity contribution in [1.82, 2.24) is 4.90 Å². The SMILES string of the molecule is CCN(CC)C(=S)SC(C)CC(C)(C)OC(=O)C(F)(F)F. The van der Waals surface area contributed by atoms with Gasteiger partial charge < -0.3 is 9.64 Å². The zero-order valence-electron chi connectivity index (χ0n) is 12.9. The molecule has 0 aliphatic heterocycles. The highest BCUT2D eigenvalue weighted by molar-refractivity contribution is 8.23. The first-order valence-corrected chi connectivity index (χ1v) is 7.97. The van der Waals surface area contributed by atoms with Gasteiger partial charge in [0.15, 0.2) is 0 Å². The van der Waals surface area contributed by atoms with Crippen molar-refractivity contribution in [3.8, 4) is 0 Å². The van der Waals surface area contributed by atoms with Crippen molar-refractivity contribution in [2.75, 3.05) is 13.1 Å². The van der Waals surface area contributed by atoms with Crippen LogP contribution in [0.1, 0.15) is 41.0 Å². The smallest absolute Gasteiger partial charge is 0.453 e. The number of hydrogen-bond donors (Lipinski definition) is 0. The summed E-state index contributed by atoms with van der Waals surface area (Å²) in [7, 11) is 0. The third-order valence-corrected chi connectivity index (χ3v) is 4.28. The highest BCUT2D eigenvalue weighted by Crippen LogP contribution is 2.29. The molecular weight excluding hydrogens is 323 g/mol.